The molecule has 8 nitrogen and oxygen atoms in total. The monoisotopic (exact) mass is 474 g/mol. The first kappa shape index (κ1) is 23.1. The molecule has 0 radical (unpaired) electrons. The van der Waals surface area contributed by atoms with Crippen LogP contribution in [0.2, 0.25) is 0 Å². The number of benzene rings is 2. The van der Waals surface area contributed by atoms with Crippen LogP contribution in [0.5, 0.6) is 0 Å². The summed E-state index contributed by atoms with van der Waals surface area (Å²) in [5, 5.41) is 20.2. The molecule has 35 heavy (non-hydrogen) atoms. The minimum absolute atomic E-state index is 0.122. The predicted octanol–water partition coefficient (Wildman–Crippen LogP) is 3.68. The molecule has 2 N–H and O–H groups in total. The lowest BCUT2D eigenvalue weighted by Crippen LogP contribution is -2.57. The van der Waals surface area contributed by atoms with Crippen molar-refractivity contribution in [2.24, 2.45) is 0 Å². The van der Waals surface area contributed by atoms with Crippen LogP contribution >= 0.6 is 0 Å². The molecular formula is C27H30N4O4. The van der Waals surface area contributed by atoms with Crippen LogP contribution in [0.4, 0.5) is 4.79 Å². The van der Waals surface area contributed by atoms with Gasteiger partial charge in [0.1, 0.15) is 0 Å². The van der Waals surface area contributed by atoms with Gasteiger partial charge < -0.3 is 24.6 Å². The van der Waals surface area contributed by atoms with Crippen molar-refractivity contribution in [1.82, 2.24) is 19.4 Å². The van der Waals surface area contributed by atoms with Crippen molar-refractivity contribution in [3.05, 3.63) is 78.2 Å². The first-order chi connectivity index (χ1) is 17.0. The van der Waals surface area contributed by atoms with E-state index in [1.165, 1.54) is 4.90 Å². The first-order valence-corrected chi connectivity index (χ1v) is 12.2. The minimum atomic E-state index is -0.973. The molecule has 3 atom stereocenters. The maximum Gasteiger partial charge on any atom is 0.407 e. The number of aliphatic hydroxyl groups excluding tert-OH is 1. The van der Waals surface area contributed by atoms with E-state index in [4.69, 9.17) is 0 Å². The van der Waals surface area contributed by atoms with Gasteiger partial charge in [0.2, 0.25) is 0 Å². The van der Waals surface area contributed by atoms with Crippen LogP contribution in [0, 0.1) is 0 Å². The van der Waals surface area contributed by atoms with E-state index in [9.17, 15) is 19.8 Å². The summed E-state index contributed by atoms with van der Waals surface area (Å²) in [7, 11) is 0. The van der Waals surface area contributed by atoms with E-state index < -0.39 is 12.2 Å². The maximum atomic E-state index is 14.0. The van der Waals surface area contributed by atoms with Crippen LogP contribution in [0.1, 0.15) is 41.4 Å². The Balaban J connectivity index is 1.51. The molecule has 1 saturated heterocycles. The molecule has 2 aromatic carbocycles. The largest absolute Gasteiger partial charge is 0.465 e. The standard InChI is InChI=1S/C27H30N4O4/c32-23-13-7-12-22(23)31-18-28-24(25(31)20-10-5-2-6-11-20)26(33)30-15-14-29(27(34)35)17-21(30)16-19-8-3-1-4-9-19/h1-6,8-11,18,21-23,32H,7,12-17H2,(H,34,35)/t21-,22+,23+/m1/s1. The van der Waals surface area contributed by atoms with Gasteiger partial charge in [0.25, 0.3) is 5.91 Å². The summed E-state index contributed by atoms with van der Waals surface area (Å²) in [5.41, 5.74) is 2.97. The highest BCUT2D eigenvalue weighted by Gasteiger charge is 2.37. The number of piperazine rings is 1. The second kappa shape index (κ2) is 9.92. The lowest BCUT2D eigenvalue weighted by atomic mass is 10.0. The average Bonchev–Trinajstić information content (AvgIpc) is 3.50. The number of aliphatic hydroxyl groups is 1. The van der Waals surface area contributed by atoms with Crippen molar-refractivity contribution >= 4 is 12.0 Å². The summed E-state index contributed by atoms with van der Waals surface area (Å²) in [6.07, 6.45) is 3.28. The van der Waals surface area contributed by atoms with E-state index in [0.717, 1.165) is 30.4 Å². The highest BCUT2D eigenvalue weighted by atomic mass is 16.4. The van der Waals surface area contributed by atoms with Crippen LogP contribution in [0.15, 0.2) is 67.0 Å². The third kappa shape index (κ3) is 4.66. The number of imidazole rings is 1. The molecule has 8 heteroatoms. The topological polar surface area (TPSA) is 98.9 Å². The number of carbonyl (C=O) groups is 2. The molecule has 182 valence electrons. The zero-order valence-corrected chi connectivity index (χ0v) is 19.5. The fourth-order valence-corrected chi connectivity index (χ4v) is 5.39. The van der Waals surface area contributed by atoms with Crippen LogP contribution in [-0.2, 0) is 6.42 Å². The molecular weight excluding hydrogens is 444 g/mol. The number of aromatic nitrogens is 2. The SMILES string of the molecule is O=C(O)N1CCN(C(=O)c2ncn([C@H]3CCC[C@@H]3O)c2-c2ccccc2)[C@H](Cc2ccccc2)C1. The van der Waals surface area contributed by atoms with Gasteiger partial charge in [-0.25, -0.2) is 9.78 Å². The molecule has 0 unspecified atom stereocenters. The summed E-state index contributed by atoms with van der Waals surface area (Å²) < 4.78 is 1.96. The van der Waals surface area contributed by atoms with Gasteiger partial charge in [-0.15, -0.1) is 0 Å². The van der Waals surface area contributed by atoms with Crippen molar-refractivity contribution in [1.29, 1.82) is 0 Å². The zero-order valence-electron chi connectivity index (χ0n) is 19.5. The lowest BCUT2D eigenvalue weighted by Gasteiger charge is -2.40. The van der Waals surface area contributed by atoms with Gasteiger partial charge in [-0.05, 0) is 31.2 Å². The highest BCUT2D eigenvalue weighted by Crippen LogP contribution is 2.36. The van der Waals surface area contributed by atoms with E-state index in [1.807, 2.05) is 65.2 Å². The zero-order chi connectivity index (χ0) is 24.4. The van der Waals surface area contributed by atoms with Gasteiger partial charge in [0, 0.05) is 25.2 Å². The summed E-state index contributed by atoms with van der Waals surface area (Å²) in [6.45, 7) is 0.809. The quantitative estimate of drug-likeness (QED) is 0.588. The molecule has 2 amide bonds. The Morgan fingerprint density at radius 1 is 0.971 bits per heavy atom. The number of hydrogen-bond donors (Lipinski definition) is 2. The Morgan fingerprint density at radius 2 is 1.69 bits per heavy atom. The Morgan fingerprint density at radius 3 is 2.34 bits per heavy atom. The number of nitrogens with zero attached hydrogens (tertiary/aromatic N) is 4. The van der Waals surface area contributed by atoms with E-state index in [0.29, 0.717) is 24.4 Å². The first-order valence-electron chi connectivity index (χ1n) is 12.2. The van der Waals surface area contributed by atoms with Crippen molar-refractivity contribution in [3.63, 3.8) is 0 Å². The Hall–Kier alpha value is -3.65. The summed E-state index contributed by atoms with van der Waals surface area (Å²) in [4.78, 5) is 33.4. The molecule has 0 bridgehead atoms. The fourth-order valence-electron chi connectivity index (χ4n) is 5.39. The van der Waals surface area contributed by atoms with Gasteiger partial charge in [-0.1, -0.05) is 60.7 Å². The van der Waals surface area contributed by atoms with Crippen molar-refractivity contribution in [2.45, 2.75) is 43.9 Å². The smallest absolute Gasteiger partial charge is 0.407 e. The second-order valence-electron chi connectivity index (χ2n) is 9.35. The van der Waals surface area contributed by atoms with Crippen molar-refractivity contribution in [3.8, 4) is 11.3 Å². The van der Waals surface area contributed by atoms with E-state index in [-0.39, 0.29) is 31.1 Å². The second-order valence-corrected chi connectivity index (χ2v) is 9.35. The normalized spacial score (nSPS) is 22.4. The third-order valence-corrected chi connectivity index (χ3v) is 7.17. The molecule has 0 spiro atoms. The van der Waals surface area contributed by atoms with E-state index in [1.54, 1.807) is 11.2 Å². The third-order valence-electron chi connectivity index (χ3n) is 7.17. The number of amides is 2. The van der Waals surface area contributed by atoms with Gasteiger partial charge in [0.05, 0.1) is 30.2 Å². The van der Waals surface area contributed by atoms with Crippen molar-refractivity contribution < 1.29 is 19.8 Å². The molecule has 2 aliphatic rings. The van der Waals surface area contributed by atoms with E-state index in [2.05, 4.69) is 4.98 Å². The Bertz CT molecular complexity index is 1180. The van der Waals surface area contributed by atoms with Gasteiger partial charge >= 0.3 is 6.09 Å². The maximum absolute atomic E-state index is 14.0. The number of carboxylic acid groups (broad SMARTS) is 1. The molecule has 1 aliphatic carbocycles. The van der Waals surface area contributed by atoms with Crippen LogP contribution in [-0.4, -0.2) is 73.3 Å². The van der Waals surface area contributed by atoms with Crippen LogP contribution in [0.25, 0.3) is 11.3 Å². The fraction of sp³-hybridized carbons (Fsp3) is 0.370. The molecule has 5 rings (SSSR count). The summed E-state index contributed by atoms with van der Waals surface area (Å²) >= 11 is 0. The Labute approximate surface area is 204 Å². The van der Waals surface area contributed by atoms with Crippen LogP contribution in [0.3, 0.4) is 0 Å². The predicted molar refractivity (Wildman–Crippen MR) is 131 cm³/mol. The molecule has 1 aromatic heterocycles. The molecule has 2 heterocycles. The molecule has 1 aliphatic heterocycles. The minimum Gasteiger partial charge on any atom is -0.465 e. The van der Waals surface area contributed by atoms with Gasteiger partial charge in [-0.3, -0.25) is 4.79 Å². The van der Waals surface area contributed by atoms with Crippen molar-refractivity contribution in [2.75, 3.05) is 19.6 Å². The lowest BCUT2D eigenvalue weighted by molar-refractivity contribution is 0.0447. The molecule has 2 fully saturated rings. The summed E-state index contributed by atoms with van der Waals surface area (Å²) in [5.74, 6) is -0.207. The summed E-state index contributed by atoms with van der Waals surface area (Å²) in [6, 6.07) is 19.1. The number of rotatable bonds is 5. The highest BCUT2D eigenvalue weighted by molar-refractivity contribution is 5.98. The van der Waals surface area contributed by atoms with E-state index >= 15 is 0 Å². The van der Waals surface area contributed by atoms with Gasteiger partial charge in [0.15, 0.2) is 5.69 Å². The van der Waals surface area contributed by atoms with Gasteiger partial charge in [-0.2, -0.15) is 0 Å². The van der Waals surface area contributed by atoms with Crippen LogP contribution < -0.4 is 0 Å². The molecule has 3 aromatic rings. The molecule has 1 saturated carbocycles. The Kier molecular flexibility index (Phi) is 6.55. The average molecular weight is 475 g/mol. The number of carbonyl (C=O) groups excluding carboxylic acids is 1. The number of hydrogen-bond acceptors (Lipinski definition) is 4.